The molecule has 1 aromatic carbocycles. The maximum absolute atomic E-state index is 12.2. The van der Waals surface area contributed by atoms with Gasteiger partial charge in [-0.05, 0) is 38.1 Å². The number of hydrogen-bond acceptors (Lipinski definition) is 2. The fourth-order valence-corrected chi connectivity index (χ4v) is 2.52. The zero-order valence-electron chi connectivity index (χ0n) is 10.8. The first-order chi connectivity index (χ1) is 8.99. The predicted molar refractivity (Wildman–Crippen MR) is 77.1 cm³/mol. The summed E-state index contributed by atoms with van der Waals surface area (Å²) < 4.78 is 1.83. The summed E-state index contributed by atoms with van der Waals surface area (Å²) in [7, 11) is 0. The Balaban J connectivity index is 2.25. The topological polar surface area (TPSA) is 34.9 Å². The normalized spacial score (nSPS) is 10.7. The zero-order chi connectivity index (χ0) is 14.0. The maximum Gasteiger partial charge on any atom is 0.168 e. The van der Waals surface area contributed by atoms with Gasteiger partial charge in [-0.2, -0.15) is 5.10 Å². The number of rotatable bonds is 4. The second-order valence-electron chi connectivity index (χ2n) is 4.35. The first kappa shape index (κ1) is 14.1. The van der Waals surface area contributed by atoms with Gasteiger partial charge in [0.1, 0.15) is 0 Å². The van der Waals surface area contributed by atoms with Crippen molar-refractivity contribution in [2.75, 3.05) is 0 Å². The number of aryl methyl sites for hydroxylation is 2. The van der Waals surface area contributed by atoms with E-state index < -0.39 is 0 Å². The number of halogens is 2. The molecule has 0 atom stereocenters. The lowest BCUT2D eigenvalue weighted by Gasteiger charge is -2.05. The van der Waals surface area contributed by atoms with Crippen LogP contribution in [-0.2, 0) is 13.0 Å². The number of hydrogen-bond donors (Lipinski definition) is 0. The molecule has 0 radical (unpaired) electrons. The van der Waals surface area contributed by atoms with Crippen LogP contribution in [0.3, 0.4) is 0 Å². The average Bonchev–Trinajstić information content (AvgIpc) is 2.68. The molecule has 0 bridgehead atoms. The minimum atomic E-state index is -0.0148. The van der Waals surface area contributed by atoms with Gasteiger partial charge in [-0.3, -0.25) is 9.48 Å². The zero-order valence-corrected chi connectivity index (χ0v) is 12.3. The lowest BCUT2D eigenvalue weighted by Crippen LogP contribution is -2.09. The quantitative estimate of drug-likeness (QED) is 0.801. The highest BCUT2D eigenvalue weighted by molar-refractivity contribution is 6.35. The molecule has 0 saturated heterocycles. The van der Waals surface area contributed by atoms with E-state index in [0.29, 0.717) is 22.0 Å². The van der Waals surface area contributed by atoms with E-state index in [1.165, 1.54) is 0 Å². The average molecular weight is 297 g/mol. The van der Waals surface area contributed by atoms with Gasteiger partial charge in [0.15, 0.2) is 5.78 Å². The molecule has 0 fully saturated rings. The second kappa shape index (κ2) is 5.76. The van der Waals surface area contributed by atoms with Gasteiger partial charge in [0, 0.05) is 27.8 Å². The molecule has 1 heterocycles. The minimum Gasteiger partial charge on any atom is -0.294 e. The largest absolute Gasteiger partial charge is 0.294 e. The Morgan fingerprint density at radius 2 is 1.84 bits per heavy atom. The number of carbonyl (C=O) groups excluding carboxylic acids is 1. The van der Waals surface area contributed by atoms with Crippen LogP contribution in [0.25, 0.3) is 0 Å². The van der Waals surface area contributed by atoms with Crippen LogP contribution in [-0.4, -0.2) is 15.6 Å². The van der Waals surface area contributed by atoms with E-state index >= 15 is 0 Å². The summed E-state index contributed by atoms with van der Waals surface area (Å²) in [6.07, 6.45) is 0.297. The van der Waals surface area contributed by atoms with Crippen molar-refractivity contribution in [3.63, 3.8) is 0 Å². The fraction of sp³-hybridized carbons (Fsp3) is 0.286. The summed E-state index contributed by atoms with van der Waals surface area (Å²) in [5.74, 6) is -0.0148. The van der Waals surface area contributed by atoms with Crippen molar-refractivity contribution < 1.29 is 4.79 Å². The fourth-order valence-electron chi connectivity index (χ4n) is 2.00. The third-order valence-electron chi connectivity index (χ3n) is 2.81. The summed E-state index contributed by atoms with van der Waals surface area (Å²) in [6, 6.07) is 6.80. The Bertz CT molecular complexity index is 600. The molecule has 0 N–H and O–H groups in total. The SMILES string of the molecule is CCn1nc(C)cc1CC(=O)c1cc(Cl)cc(Cl)c1. The molecule has 0 saturated carbocycles. The van der Waals surface area contributed by atoms with Crippen LogP contribution in [0, 0.1) is 6.92 Å². The standard InChI is InChI=1S/C14H14Cl2N2O/c1-3-18-13(4-9(2)17-18)8-14(19)10-5-11(15)7-12(16)6-10/h4-7H,3,8H2,1-2H3. The van der Waals surface area contributed by atoms with E-state index in [2.05, 4.69) is 5.10 Å². The Hall–Kier alpha value is -1.32. The van der Waals surface area contributed by atoms with Crippen LogP contribution in [0.1, 0.15) is 28.7 Å². The van der Waals surface area contributed by atoms with Crippen LogP contribution in [0.15, 0.2) is 24.3 Å². The summed E-state index contributed by atoms with van der Waals surface area (Å²) in [5, 5.41) is 5.26. The molecular weight excluding hydrogens is 283 g/mol. The molecule has 3 nitrogen and oxygen atoms in total. The van der Waals surface area contributed by atoms with Crippen molar-refractivity contribution in [2.45, 2.75) is 26.8 Å². The Morgan fingerprint density at radius 1 is 1.21 bits per heavy atom. The summed E-state index contributed by atoms with van der Waals surface area (Å²) in [5.41, 5.74) is 2.34. The molecule has 2 rings (SSSR count). The number of benzene rings is 1. The third kappa shape index (κ3) is 3.37. The second-order valence-corrected chi connectivity index (χ2v) is 5.22. The van der Waals surface area contributed by atoms with E-state index in [1.807, 2.05) is 24.6 Å². The first-order valence-electron chi connectivity index (χ1n) is 6.02. The van der Waals surface area contributed by atoms with Crippen LogP contribution in [0.4, 0.5) is 0 Å². The van der Waals surface area contributed by atoms with Crippen molar-refractivity contribution in [2.24, 2.45) is 0 Å². The van der Waals surface area contributed by atoms with E-state index in [9.17, 15) is 4.79 Å². The van der Waals surface area contributed by atoms with E-state index in [1.54, 1.807) is 18.2 Å². The molecule has 0 spiro atoms. The maximum atomic E-state index is 12.2. The Morgan fingerprint density at radius 3 is 2.42 bits per heavy atom. The lowest BCUT2D eigenvalue weighted by molar-refractivity contribution is 0.0990. The van der Waals surface area contributed by atoms with Crippen LogP contribution >= 0.6 is 23.2 Å². The van der Waals surface area contributed by atoms with E-state index in [0.717, 1.165) is 17.9 Å². The van der Waals surface area contributed by atoms with Gasteiger partial charge < -0.3 is 0 Å². The van der Waals surface area contributed by atoms with Gasteiger partial charge in [0.2, 0.25) is 0 Å². The van der Waals surface area contributed by atoms with Crippen molar-refractivity contribution in [1.29, 1.82) is 0 Å². The molecule has 1 aromatic heterocycles. The molecule has 2 aromatic rings. The van der Waals surface area contributed by atoms with Crippen molar-refractivity contribution in [3.05, 3.63) is 51.3 Å². The Kier molecular flexibility index (Phi) is 4.27. The van der Waals surface area contributed by atoms with E-state index in [4.69, 9.17) is 23.2 Å². The molecule has 0 aliphatic carbocycles. The molecule has 0 unspecified atom stereocenters. The Labute approximate surface area is 122 Å². The number of Topliss-reactive ketones (excluding diaryl/α,β-unsaturated/α-hetero) is 1. The number of carbonyl (C=O) groups is 1. The summed E-state index contributed by atoms with van der Waals surface area (Å²) in [6.45, 7) is 4.65. The van der Waals surface area contributed by atoms with Gasteiger partial charge in [-0.1, -0.05) is 23.2 Å². The molecular formula is C14H14Cl2N2O. The van der Waals surface area contributed by atoms with Gasteiger partial charge in [0.25, 0.3) is 0 Å². The van der Waals surface area contributed by atoms with Gasteiger partial charge in [-0.15, -0.1) is 0 Å². The molecule has 0 aliphatic rings. The number of aromatic nitrogens is 2. The molecule has 100 valence electrons. The lowest BCUT2D eigenvalue weighted by atomic mass is 10.1. The third-order valence-corrected chi connectivity index (χ3v) is 3.25. The number of ketones is 1. The van der Waals surface area contributed by atoms with Gasteiger partial charge in [-0.25, -0.2) is 0 Å². The monoisotopic (exact) mass is 296 g/mol. The smallest absolute Gasteiger partial charge is 0.168 e. The van der Waals surface area contributed by atoms with Crippen molar-refractivity contribution in [1.82, 2.24) is 9.78 Å². The molecule has 0 amide bonds. The molecule has 5 heteroatoms. The van der Waals surface area contributed by atoms with Crippen molar-refractivity contribution >= 4 is 29.0 Å². The van der Waals surface area contributed by atoms with Gasteiger partial charge >= 0.3 is 0 Å². The summed E-state index contributed by atoms with van der Waals surface area (Å²) in [4.78, 5) is 12.2. The molecule has 0 aliphatic heterocycles. The predicted octanol–water partition coefficient (Wildman–Crippen LogP) is 3.94. The molecule has 19 heavy (non-hydrogen) atoms. The minimum absolute atomic E-state index is 0.0148. The van der Waals surface area contributed by atoms with E-state index in [-0.39, 0.29) is 5.78 Å². The highest BCUT2D eigenvalue weighted by atomic mass is 35.5. The van der Waals surface area contributed by atoms with Crippen molar-refractivity contribution in [3.8, 4) is 0 Å². The van der Waals surface area contributed by atoms with Crippen LogP contribution in [0.2, 0.25) is 10.0 Å². The highest BCUT2D eigenvalue weighted by Gasteiger charge is 2.13. The van der Waals surface area contributed by atoms with Crippen LogP contribution in [0.5, 0.6) is 0 Å². The van der Waals surface area contributed by atoms with Crippen LogP contribution < -0.4 is 0 Å². The van der Waals surface area contributed by atoms with Gasteiger partial charge in [0.05, 0.1) is 12.1 Å². The highest BCUT2D eigenvalue weighted by Crippen LogP contribution is 2.20. The number of nitrogens with zero attached hydrogens (tertiary/aromatic N) is 2. The summed E-state index contributed by atoms with van der Waals surface area (Å²) >= 11 is 11.8. The first-order valence-corrected chi connectivity index (χ1v) is 6.78.